The summed E-state index contributed by atoms with van der Waals surface area (Å²) >= 11 is 0. The highest BCUT2D eigenvalue weighted by molar-refractivity contribution is 5.96. The van der Waals surface area contributed by atoms with Crippen LogP contribution >= 0.6 is 0 Å². The number of fused-ring (bicyclic) bond motifs is 2. The summed E-state index contributed by atoms with van der Waals surface area (Å²) in [4.78, 5) is 22.8. The number of hydrogen-bond acceptors (Lipinski definition) is 4. The second-order valence-electron chi connectivity index (χ2n) is 4.86. The highest BCUT2D eigenvalue weighted by Gasteiger charge is 2.20. The number of hydrogen-bond donors (Lipinski definition) is 0. The Bertz CT molecular complexity index is 774. The van der Waals surface area contributed by atoms with Crippen LogP contribution in [0.4, 0.5) is 0 Å². The van der Waals surface area contributed by atoms with Gasteiger partial charge >= 0.3 is 5.97 Å². The molecule has 3 rings (SSSR count). The van der Waals surface area contributed by atoms with Crippen LogP contribution in [0.25, 0.3) is 5.57 Å². The van der Waals surface area contributed by atoms with Crippen LogP contribution in [0.3, 0.4) is 0 Å². The number of methoxy groups -OCH3 is 1. The number of allylic oxidation sites excluding steroid dienone is 1. The number of ether oxygens (including phenoxy) is 2. The highest BCUT2D eigenvalue weighted by Crippen LogP contribution is 2.37. The second kappa shape index (κ2) is 5.85. The number of esters is 1. The summed E-state index contributed by atoms with van der Waals surface area (Å²) in [5, 5.41) is 0. The fourth-order valence-electron chi connectivity index (χ4n) is 2.57. The van der Waals surface area contributed by atoms with Gasteiger partial charge in [0.25, 0.3) is 0 Å². The minimum absolute atomic E-state index is 0.414. The van der Waals surface area contributed by atoms with Gasteiger partial charge in [-0.2, -0.15) is 0 Å². The molecule has 0 aromatic heterocycles. The van der Waals surface area contributed by atoms with Crippen molar-refractivity contribution < 1.29 is 19.1 Å². The zero-order valence-electron chi connectivity index (χ0n) is 12.0. The third kappa shape index (κ3) is 2.39. The van der Waals surface area contributed by atoms with Crippen molar-refractivity contribution in [2.24, 2.45) is 0 Å². The maximum atomic E-state index is 11.7. The minimum Gasteiger partial charge on any atom is -0.488 e. The van der Waals surface area contributed by atoms with E-state index >= 15 is 0 Å². The third-order valence-corrected chi connectivity index (χ3v) is 3.62. The Kier molecular flexibility index (Phi) is 3.74. The van der Waals surface area contributed by atoms with E-state index in [4.69, 9.17) is 9.47 Å². The number of carbonyl (C=O) groups is 2. The molecule has 0 spiro atoms. The molecule has 0 bridgehead atoms. The van der Waals surface area contributed by atoms with E-state index in [1.807, 2.05) is 24.3 Å². The Morgan fingerprint density at radius 1 is 1.18 bits per heavy atom. The van der Waals surface area contributed by atoms with Gasteiger partial charge in [-0.3, -0.25) is 4.79 Å². The monoisotopic (exact) mass is 294 g/mol. The molecule has 4 heteroatoms. The van der Waals surface area contributed by atoms with Gasteiger partial charge in [0, 0.05) is 5.56 Å². The summed E-state index contributed by atoms with van der Waals surface area (Å²) in [7, 11) is 1.34. The zero-order valence-corrected chi connectivity index (χ0v) is 12.0. The Labute approximate surface area is 128 Å². The van der Waals surface area contributed by atoms with Gasteiger partial charge in [-0.15, -0.1) is 0 Å². The van der Waals surface area contributed by atoms with Crippen LogP contribution in [-0.2, 0) is 16.1 Å². The summed E-state index contributed by atoms with van der Waals surface area (Å²) in [6, 6.07) is 12.8. The van der Waals surface area contributed by atoms with Crippen LogP contribution in [0.15, 0.2) is 48.5 Å². The second-order valence-corrected chi connectivity index (χ2v) is 4.86. The molecule has 0 unspecified atom stereocenters. The molecule has 4 nitrogen and oxygen atoms in total. The van der Waals surface area contributed by atoms with Crippen LogP contribution in [0.5, 0.6) is 5.75 Å². The molecule has 0 amide bonds. The molecule has 0 atom stereocenters. The summed E-state index contributed by atoms with van der Waals surface area (Å²) in [6.07, 6.45) is 2.24. The third-order valence-electron chi connectivity index (χ3n) is 3.62. The Morgan fingerprint density at radius 3 is 2.77 bits per heavy atom. The van der Waals surface area contributed by atoms with Gasteiger partial charge in [-0.25, -0.2) is 4.79 Å². The van der Waals surface area contributed by atoms with Gasteiger partial charge < -0.3 is 9.47 Å². The average molecular weight is 294 g/mol. The molecule has 1 aliphatic heterocycles. The molecule has 2 aromatic carbocycles. The van der Waals surface area contributed by atoms with E-state index in [1.54, 1.807) is 18.2 Å². The summed E-state index contributed by atoms with van der Waals surface area (Å²) in [6.45, 7) is 0.414. The normalized spacial score (nSPS) is 14.3. The molecular formula is C18H14O4. The molecule has 0 saturated carbocycles. The quantitative estimate of drug-likeness (QED) is 0.485. The number of rotatable bonds is 2. The van der Waals surface area contributed by atoms with E-state index in [-0.39, 0.29) is 0 Å². The summed E-state index contributed by atoms with van der Waals surface area (Å²) < 4.78 is 10.6. The maximum Gasteiger partial charge on any atom is 0.337 e. The predicted molar refractivity (Wildman–Crippen MR) is 81.7 cm³/mol. The van der Waals surface area contributed by atoms with E-state index < -0.39 is 5.97 Å². The number of carbonyl (C=O) groups excluding carboxylic acids is 2. The fourth-order valence-corrected chi connectivity index (χ4v) is 2.57. The van der Waals surface area contributed by atoms with Crippen LogP contribution < -0.4 is 4.74 Å². The lowest BCUT2D eigenvalue weighted by Gasteiger charge is -2.10. The van der Waals surface area contributed by atoms with Crippen molar-refractivity contribution in [3.8, 4) is 5.75 Å². The van der Waals surface area contributed by atoms with Crippen molar-refractivity contribution in [1.82, 2.24) is 0 Å². The van der Waals surface area contributed by atoms with Crippen molar-refractivity contribution in [2.75, 3.05) is 7.11 Å². The molecule has 0 N–H and O–H groups in total. The van der Waals surface area contributed by atoms with Crippen molar-refractivity contribution in [1.29, 1.82) is 0 Å². The SMILES string of the molecule is COC(=O)c1ccc2c(c1)/C(=C\C=O)c1ccccc1CO2. The Morgan fingerprint density at radius 2 is 2.00 bits per heavy atom. The Hall–Kier alpha value is -2.88. The molecule has 1 aliphatic rings. The summed E-state index contributed by atoms with van der Waals surface area (Å²) in [5.41, 5.74) is 3.78. The van der Waals surface area contributed by atoms with Crippen molar-refractivity contribution in [3.05, 3.63) is 70.8 Å². The maximum absolute atomic E-state index is 11.7. The van der Waals surface area contributed by atoms with Crippen molar-refractivity contribution in [2.45, 2.75) is 6.61 Å². The minimum atomic E-state index is -0.425. The van der Waals surface area contributed by atoms with Gasteiger partial charge in [0.2, 0.25) is 0 Å². The Balaban J connectivity index is 2.22. The standard InChI is InChI=1S/C18H14O4/c1-21-18(20)12-6-7-17-16(10-12)15(8-9-19)14-5-3-2-4-13(14)11-22-17/h2-10H,11H2,1H3/b15-8-. The van der Waals surface area contributed by atoms with Crippen molar-refractivity contribution in [3.63, 3.8) is 0 Å². The first-order chi connectivity index (χ1) is 10.7. The van der Waals surface area contributed by atoms with Crippen LogP contribution in [0.2, 0.25) is 0 Å². The molecular weight excluding hydrogens is 280 g/mol. The van der Waals surface area contributed by atoms with Crippen molar-refractivity contribution >= 4 is 17.8 Å². The molecule has 0 fully saturated rings. The topological polar surface area (TPSA) is 52.6 Å². The van der Waals surface area contributed by atoms with Crippen LogP contribution in [-0.4, -0.2) is 19.4 Å². The number of aldehydes is 1. The van der Waals surface area contributed by atoms with Gasteiger partial charge in [0.15, 0.2) is 0 Å². The smallest absolute Gasteiger partial charge is 0.337 e. The summed E-state index contributed by atoms with van der Waals surface area (Å²) in [5.74, 6) is 0.211. The van der Waals surface area contributed by atoms with Gasteiger partial charge in [0.05, 0.1) is 12.7 Å². The first-order valence-corrected chi connectivity index (χ1v) is 6.84. The molecule has 110 valence electrons. The van der Waals surface area contributed by atoms with Gasteiger partial charge in [0.1, 0.15) is 18.6 Å². The lowest BCUT2D eigenvalue weighted by atomic mass is 9.93. The largest absolute Gasteiger partial charge is 0.488 e. The first-order valence-electron chi connectivity index (χ1n) is 6.84. The molecule has 0 radical (unpaired) electrons. The van der Waals surface area contributed by atoms with E-state index in [2.05, 4.69) is 0 Å². The van der Waals surface area contributed by atoms with Crippen LogP contribution in [0.1, 0.15) is 27.0 Å². The first kappa shape index (κ1) is 14.1. The average Bonchev–Trinajstić information content (AvgIpc) is 2.72. The highest BCUT2D eigenvalue weighted by atomic mass is 16.5. The lowest BCUT2D eigenvalue weighted by Crippen LogP contribution is -2.02. The molecule has 22 heavy (non-hydrogen) atoms. The van der Waals surface area contributed by atoms with Gasteiger partial charge in [-0.1, -0.05) is 24.3 Å². The number of benzene rings is 2. The molecule has 2 aromatic rings. The molecule has 0 saturated heterocycles. The lowest BCUT2D eigenvalue weighted by molar-refractivity contribution is -0.104. The zero-order chi connectivity index (χ0) is 15.5. The predicted octanol–water partition coefficient (Wildman–Crippen LogP) is 3.00. The fraction of sp³-hybridized carbons (Fsp3) is 0.111. The van der Waals surface area contributed by atoms with Crippen LogP contribution in [0, 0.1) is 0 Å². The van der Waals surface area contributed by atoms with E-state index in [0.29, 0.717) is 23.5 Å². The van der Waals surface area contributed by atoms with E-state index in [9.17, 15) is 9.59 Å². The van der Waals surface area contributed by atoms with E-state index in [0.717, 1.165) is 23.0 Å². The van der Waals surface area contributed by atoms with E-state index in [1.165, 1.54) is 13.2 Å². The van der Waals surface area contributed by atoms with Gasteiger partial charge in [-0.05, 0) is 41.0 Å². The molecule has 1 heterocycles. The molecule has 0 aliphatic carbocycles.